The van der Waals surface area contributed by atoms with Crippen molar-refractivity contribution < 1.29 is 9.53 Å². The number of carbonyl (C=O) groups excluding carboxylic acids is 1. The Kier molecular flexibility index (Phi) is 5.97. The lowest BCUT2D eigenvalue weighted by molar-refractivity contribution is 0.0732. The molecule has 0 heterocycles. The van der Waals surface area contributed by atoms with Gasteiger partial charge in [0.1, 0.15) is 11.6 Å². The molecule has 0 unspecified atom stereocenters. The highest BCUT2D eigenvalue weighted by atomic mass is 16.5. The van der Waals surface area contributed by atoms with Gasteiger partial charge < -0.3 is 21.9 Å². The minimum Gasteiger partial charge on any atom is -0.423 e. The predicted octanol–water partition coefficient (Wildman–Crippen LogP) is 3.84. The topological polar surface area (TPSA) is 141 Å². The molecular weight excluding hydrogens is 390 g/mol. The standard InChI is InChI=1S/C24H27N5O2/c1-24(2,3)13-19-18-10-6-16(21(25)26)12-15(18)7-11-20(19)31-22(30)14-4-8-17(9-5-14)29-23(27)28/h4-12H,13H2,1-3H3,(H3,25,26)(H4,27,28,29). The molecule has 0 aliphatic heterocycles. The van der Waals surface area contributed by atoms with E-state index in [0.717, 1.165) is 16.3 Å². The van der Waals surface area contributed by atoms with Crippen molar-refractivity contribution in [3.8, 4) is 5.75 Å². The van der Waals surface area contributed by atoms with Crippen LogP contribution in [0, 0.1) is 10.8 Å². The first-order valence-corrected chi connectivity index (χ1v) is 9.85. The number of carbonyl (C=O) groups is 1. The SMILES string of the molecule is CC(C)(C)Cc1c(OC(=O)c2ccc(N=C(N)N)cc2)ccc2cc(C(=N)N)ccc12. The largest absolute Gasteiger partial charge is 0.423 e. The number of ether oxygens (including phenoxy) is 1. The third-order valence-electron chi connectivity index (χ3n) is 4.67. The first-order chi connectivity index (χ1) is 14.5. The van der Waals surface area contributed by atoms with Gasteiger partial charge in [-0.3, -0.25) is 5.41 Å². The molecule has 0 amide bonds. The molecule has 3 aromatic carbocycles. The summed E-state index contributed by atoms with van der Waals surface area (Å²) >= 11 is 0. The summed E-state index contributed by atoms with van der Waals surface area (Å²) in [5.41, 5.74) is 18.9. The summed E-state index contributed by atoms with van der Waals surface area (Å²) in [6, 6.07) is 15.8. The molecule has 0 saturated carbocycles. The van der Waals surface area contributed by atoms with Gasteiger partial charge in [-0.25, -0.2) is 9.79 Å². The number of hydrogen-bond donors (Lipinski definition) is 4. The minimum absolute atomic E-state index is 0.0129. The lowest BCUT2D eigenvalue weighted by atomic mass is 9.85. The fourth-order valence-electron chi connectivity index (χ4n) is 3.33. The Balaban J connectivity index is 1.99. The third-order valence-corrected chi connectivity index (χ3v) is 4.67. The summed E-state index contributed by atoms with van der Waals surface area (Å²) in [6.07, 6.45) is 0.704. The summed E-state index contributed by atoms with van der Waals surface area (Å²) in [7, 11) is 0. The number of nitrogens with zero attached hydrogens (tertiary/aromatic N) is 1. The lowest BCUT2D eigenvalue weighted by Crippen LogP contribution is -2.21. The van der Waals surface area contributed by atoms with E-state index in [2.05, 4.69) is 25.8 Å². The number of amidine groups is 1. The van der Waals surface area contributed by atoms with E-state index < -0.39 is 5.97 Å². The van der Waals surface area contributed by atoms with Crippen LogP contribution in [0.25, 0.3) is 10.8 Å². The summed E-state index contributed by atoms with van der Waals surface area (Å²) in [4.78, 5) is 16.7. The van der Waals surface area contributed by atoms with Crippen molar-refractivity contribution in [2.45, 2.75) is 27.2 Å². The lowest BCUT2D eigenvalue weighted by Gasteiger charge is -2.22. The number of rotatable bonds is 5. The number of fused-ring (bicyclic) bond motifs is 1. The van der Waals surface area contributed by atoms with E-state index in [1.165, 1.54) is 0 Å². The Labute approximate surface area is 181 Å². The van der Waals surface area contributed by atoms with E-state index in [9.17, 15) is 4.79 Å². The molecule has 7 N–H and O–H groups in total. The number of aliphatic imine (C=N–C) groups is 1. The van der Waals surface area contributed by atoms with Gasteiger partial charge in [0, 0.05) is 11.1 Å². The van der Waals surface area contributed by atoms with Crippen LogP contribution >= 0.6 is 0 Å². The van der Waals surface area contributed by atoms with Gasteiger partial charge in [0.15, 0.2) is 5.96 Å². The summed E-state index contributed by atoms with van der Waals surface area (Å²) in [5, 5.41) is 9.58. The molecule has 3 rings (SSSR count). The summed E-state index contributed by atoms with van der Waals surface area (Å²) in [6.45, 7) is 6.39. The number of esters is 1. The predicted molar refractivity (Wildman–Crippen MR) is 125 cm³/mol. The van der Waals surface area contributed by atoms with Crippen LogP contribution in [0.2, 0.25) is 0 Å². The van der Waals surface area contributed by atoms with Crippen molar-refractivity contribution >= 4 is 34.2 Å². The quantitative estimate of drug-likeness (QED) is 0.216. The Hall–Kier alpha value is -3.87. The number of nitrogens with one attached hydrogen (secondary N) is 1. The maximum atomic E-state index is 12.8. The Morgan fingerprint density at radius 3 is 2.19 bits per heavy atom. The molecule has 3 aromatic rings. The zero-order valence-corrected chi connectivity index (χ0v) is 17.9. The second-order valence-corrected chi connectivity index (χ2v) is 8.60. The van der Waals surface area contributed by atoms with Crippen LogP contribution in [0.5, 0.6) is 5.75 Å². The van der Waals surface area contributed by atoms with E-state index in [0.29, 0.717) is 29.0 Å². The highest BCUT2D eigenvalue weighted by molar-refractivity contribution is 6.00. The number of hydrogen-bond acceptors (Lipinski definition) is 4. The van der Waals surface area contributed by atoms with Crippen molar-refractivity contribution in [1.29, 1.82) is 5.41 Å². The van der Waals surface area contributed by atoms with Crippen molar-refractivity contribution in [3.05, 3.63) is 71.3 Å². The fourth-order valence-corrected chi connectivity index (χ4v) is 3.33. The van der Waals surface area contributed by atoms with Crippen LogP contribution in [0.1, 0.15) is 42.3 Å². The minimum atomic E-state index is -0.467. The highest BCUT2D eigenvalue weighted by Gasteiger charge is 2.20. The molecule has 7 nitrogen and oxygen atoms in total. The van der Waals surface area contributed by atoms with Crippen LogP contribution in [0.4, 0.5) is 5.69 Å². The molecular formula is C24H27N5O2. The van der Waals surface area contributed by atoms with E-state index >= 15 is 0 Å². The smallest absolute Gasteiger partial charge is 0.343 e. The van der Waals surface area contributed by atoms with Gasteiger partial charge >= 0.3 is 5.97 Å². The van der Waals surface area contributed by atoms with Crippen molar-refractivity contribution in [1.82, 2.24) is 0 Å². The molecule has 0 radical (unpaired) electrons. The average molecular weight is 418 g/mol. The molecule has 0 aliphatic carbocycles. The second kappa shape index (κ2) is 8.47. The molecule has 0 fully saturated rings. The zero-order chi connectivity index (χ0) is 22.8. The molecule has 7 heteroatoms. The van der Waals surface area contributed by atoms with Crippen molar-refractivity contribution in [3.63, 3.8) is 0 Å². The first kappa shape index (κ1) is 21.8. The van der Waals surface area contributed by atoms with Gasteiger partial charge in [0.25, 0.3) is 0 Å². The molecule has 0 atom stereocenters. The molecule has 0 saturated heterocycles. The molecule has 0 bridgehead atoms. The summed E-state index contributed by atoms with van der Waals surface area (Å²) < 4.78 is 5.79. The van der Waals surface area contributed by atoms with Crippen molar-refractivity contribution in [2.75, 3.05) is 0 Å². The molecule has 0 aromatic heterocycles. The highest BCUT2D eigenvalue weighted by Crippen LogP contribution is 2.34. The van der Waals surface area contributed by atoms with Gasteiger partial charge in [-0.2, -0.15) is 0 Å². The van der Waals surface area contributed by atoms with Crippen LogP contribution in [0.15, 0.2) is 59.6 Å². The van der Waals surface area contributed by atoms with Gasteiger partial charge in [0.05, 0.1) is 11.3 Å². The maximum absolute atomic E-state index is 12.8. The monoisotopic (exact) mass is 417 g/mol. The number of nitrogen functional groups attached to an aromatic ring is 1. The first-order valence-electron chi connectivity index (χ1n) is 9.85. The van der Waals surface area contributed by atoms with Crippen LogP contribution in [-0.2, 0) is 6.42 Å². The van der Waals surface area contributed by atoms with Crippen molar-refractivity contribution in [2.24, 2.45) is 27.6 Å². The zero-order valence-electron chi connectivity index (χ0n) is 17.9. The second-order valence-electron chi connectivity index (χ2n) is 8.60. The molecule has 160 valence electrons. The van der Waals surface area contributed by atoms with Gasteiger partial charge in [-0.15, -0.1) is 0 Å². The van der Waals surface area contributed by atoms with E-state index in [1.54, 1.807) is 30.3 Å². The number of nitrogens with two attached hydrogens (primary N) is 3. The van der Waals surface area contributed by atoms with E-state index in [-0.39, 0.29) is 17.2 Å². The van der Waals surface area contributed by atoms with E-state index in [4.69, 9.17) is 27.3 Å². The molecule has 0 aliphatic rings. The summed E-state index contributed by atoms with van der Waals surface area (Å²) in [5.74, 6) is 0.00704. The van der Waals surface area contributed by atoms with Crippen LogP contribution in [0.3, 0.4) is 0 Å². The number of guanidine groups is 1. The third kappa shape index (κ3) is 5.39. The Morgan fingerprint density at radius 1 is 0.968 bits per heavy atom. The molecule has 31 heavy (non-hydrogen) atoms. The maximum Gasteiger partial charge on any atom is 0.343 e. The van der Waals surface area contributed by atoms with Crippen LogP contribution < -0.4 is 21.9 Å². The molecule has 0 spiro atoms. The van der Waals surface area contributed by atoms with Gasteiger partial charge in [-0.1, -0.05) is 39.0 Å². The van der Waals surface area contributed by atoms with Crippen LogP contribution in [-0.4, -0.2) is 17.8 Å². The number of benzene rings is 3. The fraction of sp³-hybridized carbons (Fsp3) is 0.208. The van der Waals surface area contributed by atoms with Gasteiger partial charge in [0.2, 0.25) is 0 Å². The van der Waals surface area contributed by atoms with E-state index in [1.807, 2.05) is 24.3 Å². The average Bonchev–Trinajstić information content (AvgIpc) is 2.68. The normalized spacial score (nSPS) is 11.2. The Bertz CT molecular complexity index is 1170. The van der Waals surface area contributed by atoms with Gasteiger partial charge in [-0.05, 0) is 59.0 Å². The Morgan fingerprint density at radius 2 is 1.61 bits per heavy atom.